The minimum absolute atomic E-state index is 0.103. The first-order valence-corrected chi connectivity index (χ1v) is 33.1. The maximum atomic E-state index is 15.5. The van der Waals surface area contributed by atoms with E-state index >= 15 is 14.4 Å². The van der Waals surface area contributed by atoms with E-state index in [9.17, 15) is 47.4 Å². The van der Waals surface area contributed by atoms with E-state index in [1.165, 1.54) is 74.6 Å². The number of aromatic nitrogens is 2. The van der Waals surface area contributed by atoms with Crippen LogP contribution in [-0.2, 0) is 79.4 Å². The smallest absolute Gasteiger partial charge is 0.303 e. The van der Waals surface area contributed by atoms with Gasteiger partial charge in [0.05, 0.1) is 7.11 Å². The number of hydrogen-bond donors (Lipinski definition) is 11. The third-order valence-electron chi connectivity index (χ3n) is 17.8. The van der Waals surface area contributed by atoms with Crippen molar-refractivity contribution in [2.45, 2.75) is 157 Å². The molecule has 27 heteroatoms. The normalized spacial score (nSPS) is 24.9. The number of aryl methyl sites for hydroxylation is 1. The molecular weight excluding hydrogens is 1250 g/mol. The molecule has 0 radical (unpaired) electrons. The van der Waals surface area contributed by atoms with E-state index in [4.69, 9.17) is 10.5 Å². The second kappa shape index (κ2) is 31.7. The second-order valence-corrected chi connectivity index (χ2v) is 26.0. The van der Waals surface area contributed by atoms with Crippen molar-refractivity contribution in [2.75, 3.05) is 32.5 Å². The molecule has 2 fully saturated rings. The topological polar surface area (TPSA) is 348 Å². The molecule has 506 valence electrons. The van der Waals surface area contributed by atoms with Crippen LogP contribution in [0.3, 0.4) is 0 Å². The zero-order valence-corrected chi connectivity index (χ0v) is 54.3. The first-order chi connectivity index (χ1) is 45.5. The number of fused-ring (bicyclic) bond motifs is 31. The van der Waals surface area contributed by atoms with Crippen molar-refractivity contribution in [1.29, 1.82) is 0 Å². The lowest BCUT2D eigenvalue weighted by Crippen LogP contribution is -2.62. The molecule has 0 saturated carbocycles. The maximum Gasteiger partial charge on any atom is 0.303 e. The summed E-state index contributed by atoms with van der Waals surface area (Å²) in [5.74, 6) is -7.48. The van der Waals surface area contributed by atoms with Crippen LogP contribution in [0, 0.1) is 11.6 Å². The van der Waals surface area contributed by atoms with Gasteiger partial charge in [-0.2, -0.15) is 11.8 Å². The van der Waals surface area contributed by atoms with Crippen LogP contribution in [0.1, 0.15) is 100.0 Å². The Morgan fingerprint density at radius 1 is 0.663 bits per heavy atom. The van der Waals surface area contributed by atoms with Gasteiger partial charge in [0.1, 0.15) is 65.2 Å². The average Bonchev–Trinajstić information content (AvgIpc) is 1.71. The van der Waals surface area contributed by atoms with Gasteiger partial charge in [-0.1, -0.05) is 36.4 Å². The van der Waals surface area contributed by atoms with Gasteiger partial charge in [0.25, 0.3) is 0 Å². The standard InChI is InChI=1S/C68H82F2N12O12S/c1-38-60(86)76-39(2)61(87)78-54(29-43-34-73-51-20-16-45(69)31-49(43)51)63(89)80-56(30-44-35-74-52-21-17-46(70)32-50(44)52)65(91)81-36-47(71)33-57(81)64(90)77-53(22-23-59(84)85)62(88)79-55(28-41-14-18-48(94-4)19-15-41)66(92)82-26-7-24-68(82,3)67(93)72-25-27-95-37-42-12-10-40(11-13-42)8-5-6-9-58(83)75-38/h10-21,31-32,34-35,38-39,47,53-57,73-74H,5-9,22-30,33,36-37,71H2,1-4H3,(H,72,93)(H,75,83)(H,76,86)(H,77,90)(H,78,87)(H,79,88)(H,80,89)(H,84,85)/t38-,39+,47-,53-,54-,55-,56+,57-,68-/m0/s1. The predicted octanol–water partition coefficient (Wildman–Crippen LogP) is 3.86. The molecule has 2 aromatic heterocycles. The highest BCUT2D eigenvalue weighted by atomic mass is 32.2. The molecule has 2 saturated heterocycles. The molecular formula is C68H82F2N12O12S. The summed E-state index contributed by atoms with van der Waals surface area (Å²) in [6.07, 6.45) is 3.76. The van der Waals surface area contributed by atoms with Gasteiger partial charge in [-0.05, 0) is 142 Å². The summed E-state index contributed by atoms with van der Waals surface area (Å²) in [4.78, 5) is 151. The molecule has 0 unspecified atom stereocenters. The highest BCUT2D eigenvalue weighted by Crippen LogP contribution is 2.32. The largest absolute Gasteiger partial charge is 0.497 e. The number of hydrogen-bond acceptors (Lipinski definition) is 13. The highest BCUT2D eigenvalue weighted by Gasteiger charge is 2.48. The van der Waals surface area contributed by atoms with Crippen LogP contribution in [0.15, 0.2) is 97.3 Å². The molecule has 0 aliphatic carbocycles. The molecule has 9 amide bonds. The number of nitrogens with zero attached hydrogens (tertiary/aromatic N) is 2. The van der Waals surface area contributed by atoms with Crippen molar-refractivity contribution < 1.29 is 66.6 Å². The molecule has 2 bridgehead atoms. The van der Waals surface area contributed by atoms with Crippen LogP contribution in [-0.4, -0.2) is 170 Å². The van der Waals surface area contributed by atoms with Gasteiger partial charge in [0.2, 0.25) is 53.2 Å². The van der Waals surface area contributed by atoms with E-state index in [0.29, 0.717) is 87.9 Å². The number of carbonyl (C=O) groups excluding carboxylic acids is 9. The first kappa shape index (κ1) is 70.0. The summed E-state index contributed by atoms with van der Waals surface area (Å²) in [7, 11) is 1.49. The number of aromatic amines is 2. The average molecular weight is 1330 g/mol. The van der Waals surface area contributed by atoms with Gasteiger partial charge in [0, 0.05) is 103 Å². The fourth-order valence-electron chi connectivity index (χ4n) is 12.5. The lowest BCUT2D eigenvalue weighted by Gasteiger charge is -2.36. The number of thioether (sulfide) groups is 1. The van der Waals surface area contributed by atoms with Crippen molar-refractivity contribution in [3.63, 3.8) is 0 Å². The van der Waals surface area contributed by atoms with E-state index in [0.717, 1.165) is 16.0 Å². The maximum absolute atomic E-state index is 15.5. The Morgan fingerprint density at radius 2 is 1.23 bits per heavy atom. The number of methoxy groups -OCH3 is 1. The quantitative estimate of drug-likeness (QED) is 0.0868. The van der Waals surface area contributed by atoms with Crippen molar-refractivity contribution in [1.82, 2.24) is 57.0 Å². The Labute approximate surface area is 552 Å². The summed E-state index contributed by atoms with van der Waals surface area (Å²) in [6.45, 7) is 4.67. The zero-order chi connectivity index (χ0) is 68.1. The van der Waals surface area contributed by atoms with Gasteiger partial charge in [-0.25, -0.2) is 8.78 Å². The van der Waals surface area contributed by atoms with Crippen LogP contribution < -0.4 is 47.7 Å². The van der Waals surface area contributed by atoms with Crippen molar-refractivity contribution in [2.24, 2.45) is 5.73 Å². The Morgan fingerprint density at radius 3 is 1.87 bits per heavy atom. The molecule has 95 heavy (non-hydrogen) atoms. The van der Waals surface area contributed by atoms with E-state index in [1.54, 1.807) is 43.0 Å². The second-order valence-electron chi connectivity index (χ2n) is 24.9. The summed E-state index contributed by atoms with van der Waals surface area (Å²) < 4.78 is 35.2. The van der Waals surface area contributed by atoms with Gasteiger partial charge < -0.3 is 72.6 Å². The van der Waals surface area contributed by atoms with Crippen LogP contribution >= 0.6 is 11.8 Å². The lowest BCUT2D eigenvalue weighted by atomic mass is 9.95. The number of halogens is 2. The number of nitrogens with two attached hydrogens (primary N) is 1. The third kappa shape index (κ3) is 17.9. The fourth-order valence-corrected chi connectivity index (χ4v) is 13.3. The van der Waals surface area contributed by atoms with Crippen molar-refractivity contribution in [3.05, 3.63) is 137 Å². The number of aliphatic carboxylic acids is 1. The monoisotopic (exact) mass is 1330 g/mol. The first-order valence-electron chi connectivity index (χ1n) is 31.9. The number of ether oxygens (including phenoxy) is 1. The van der Waals surface area contributed by atoms with E-state index in [2.05, 4.69) is 47.2 Å². The van der Waals surface area contributed by atoms with Gasteiger partial charge in [-0.3, -0.25) is 47.9 Å². The number of carboxylic acids is 1. The third-order valence-corrected chi connectivity index (χ3v) is 18.9. The highest BCUT2D eigenvalue weighted by molar-refractivity contribution is 7.98. The van der Waals surface area contributed by atoms with Crippen LogP contribution in [0.5, 0.6) is 5.75 Å². The van der Waals surface area contributed by atoms with Crippen LogP contribution in [0.25, 0.3) is 21.8 Å². The number of carbonyl (C=O) groups is 10. The lowest BCUT2D eigenvalue weighted by molar-refractivity contribution is -0.147. The molecule has 4 aromatic carbocycles. The SMILES string of the molecule is COc1ccc(C[C@@H]2NC(=O)[C@H](CCC(=O)O)NC(=O)[C@@H]3C[C@H](N)CN3C(=O)[C@@H](Cc3c[nH]c4ccc(F)cc34)NC(=O)[C@H](Cc3c[nH]c4ccc(F)cc34)NC(=O)[C@@H](C)NC(=O)[C@H](C)NC(=O)CCCCc3ccc(cc3)CSCCNC(=O)[C@]3(C)CCCN3C2=O)cc1. The number of nitrogens with one attached hydrogen (secondary N) is 9. The number of benzene rings is 4. The minimum Gasteiger partial charge on any atom is -0.497 e. The summed E-state index contributed by atoms with van der Waals surface area (Å²) in [6, 6.07) is 11.8. The van der Waals surface area contributed by atoms with Crippen molar-refractivity contribution >= 4 is 92.7 Å². The summed E-state index contributed by atoms with van der Waals surface area (Å²) in [5.41, 5.74) is 9.61. The summed E-state index contributed by atoms with van der Waals surface area (Å²) >= 11 is 1.61. The Bertz CT molecular complexity index is 3810. The Kier molecular flexibility index (Phi) is 23.3. The number of amides is 9. The molecule has 24 nitrogen and oxygen atoms in total. The number of rotatable bonds is 10. The van der Waals surface area contributed by atoms with Crippen molar-refractivity contribution in [3.8, 4) is 5.75 Å². The van der Waals surface area contributed by atoms with Crippen LogP contribution in [0.4, 0.5) is 8.78 Å². The molecule has 9 atom stereocenters. The number of H-pyrrole nitrogens is 2. The molecule has 4 aliphatic rings. The summed E-state index contributed by atoms with van der Waals surface area (Å²) in [5, 5.41) is 29.8. The Balaban J connectivity index is 1.04. The predicted molar refractivity (Wildman–Crippen MR) is 351 cm³/mol. The van der Waals surface area contributed by atoms with E-state index in [-0.39, 0.29) is 57.6 Å². The number of carboxylic acid groups (broad SMARTS) is 1. The molecule has 0 spiro atoms. The zero-order valence-electron chi connectivity index (χ0n) is 53.5. The van der Waals surface area contributed by atoms with E-state index < -0.39 is 132 Å². The molecule has 4 aliphatic heterocycles. The Hall–Kier alpha value is -9.37. The van der Waals surface area contributed by atoms with E-state index in [1.807, 2.05) is 24.3 Å². The molecule has 6 heterocycles. The minimum atomic E-state index is -1.64. The fraction of sp³-hybridized carbons (Fsp3) is 0.441. The van der Waals surface area contributed by atoms with Gasteiger partial charge in [0.15, 0.2) is 0 Å². The van der Waals surface area contributed by atoms with Gasteiger partial charge >= 0.3 is 5.97 Å². The molecule has 6 aromatic rings. The van der Waals surface area contributed by atoms with Crippen LogP contribution in [0.2, 0.25) is 0 Å². The van der Waals surface area contributed by atoms with Gasteiger partial charge in [-0.15, -0.1) is 0 Å². The molecule has 12 N–H and O–H groups in total. The molecule has 10 rings (SSSR count).